The second-order valence-corrected chi connectivity index (χ2v) is 8.32. The third-order valence-electron chi connectivity index (χ3n) is 3.45. The van der Waals surface area contributed by atoms with Crippen LogP contribution >= 0.6 is 23.7 Å². The smallest absolute Gasteiger partial charge is 0.242 e. The Balaban J connectivity index is 0.00000176. The van der Waals surface area contributed by atoms with Crippen LogP contribution in [0.1, 0.15) is 21.1 Å². The van der Waals surface area contributed by atoms with Gasteiger partial charge in [-0.1, -0.05) is 0 Å². The molecule has 122 valence electrons. The fourth-order valence-electron chi connectivity index (χ4n) is 2.46. The molecule has 0 fully saturated rings. The maximum absolute atomic E-state index is 12.3. The standard InChI is InChI=1S/C13H18N4O2S2.ClH/c1-9-5-13(10(2)20-9)21(18,19)15-7-11-6-12-8-14-3-4-17(12)16-11;/h5-6,14-15H,3-4,7-8H2,1-2H3;1H. The van der Waals surface area contributed by atoms with Crippen LogP contribution in [0.4, 0.5) is 0 Å². The van der Waals surface area contributed by atoms with E-state index in [2.05, 4.69) is 15.1 Å². The highest BCUT2D eigenvalue weighted by atomic mass is 35.5. The van der Waals surface area contributed by atoms with Gasteiger partial charge in [0.1, 0.15) is 0 Å². The van der Waals surface area contributed by atoms with Crippen molar-refractivity contribution in [3.05, 3.63) is 33.3 Å². The molecule has 22 heavy (non-hydrogen) atoms. The van der Waals surface area contributed by atoms with Crippen LogP contribution in [-0.4, -0.2) is 24.7 Å². The van der Waals surface area contributed by atoms with Gasteiger partial charge in [-0.3, -0.25) is 4.68 Å². The van der Waals surface area contributed by atoms with Gasteiger partial charge in [0.25, 0.3) is 0 Å². The lowest BCUT2D eigenvalue weighted by Gasteiger charge is -2.13. The molecule has 1 aliphatic heterocycles. The molecule has 0 atom stereocenters. The van der Waals surface area contributed by atoms with Gasteiger partial charge in [0.2, 0.25) is 10.0 Å². The zero-order chi connectivity index (χ0) is 15.0. The molecule has 6 nitrogen and oxygen atoms in total. The molecule has 0 bridgehead atoms. The van der Waals surface area contributed by atoms with E-state index < -0.39 is 10.0 Å². The highest BCUT2D eigenvalue weighted by Crippen LogP contribution is 2.24. The van der Waals surface area contributed by atoms with Crippen molar-refractivity contribution in [2.45, 2.75) is 38.4 Å². The molecule has 0 radical (unpaired) electrons. The number of aryl methyl sites for hydroxylation is 2. The summed E-state index contributed by atoms with van der Waals surface area (Å²) in [5.41, 5.74) is 1.85. The predicted molar refractivity (Wildman–Crippen MR) is 89.0 cm³/mol. The third-order valence-corrected chi connectivity index (χ3v) is 6.07. The number of nitrogens with one attached hydrogen (secondary N) is 2. The Morgan fingerprint density at radius 1 is 1.41 bits per heavy atom. The summed E-state index contributed by atoms with van der Waals surface area (Å²) < 4.78 is 29.2. The maximum Gasteiger partial charge on any atom is 0.242 e. The monoisotopic (exact) mass is 362 g/mol. The van der Waals surface area contributed by atoms with Crippen LogP contribution in [0, 0.1) is 13.8 Å². The second kappa shape index (κ2) is 6.67. The van der Waals surface area contributed by atoms with E-state index >= 15 is 0 Å². The largest absolute Gasteiger partial charge is 0.309 e. The highest BCUT2D eigenvalue weighted by molar-refractivity contribution is 7.89. The molecule has 0 unspecified atom stereocenters. The van der Waals surface area contributed by atoms with Crippen molar-refractivity contribution in [2.24, 2.45) is 0 Å². The minimum Gasteiger partial charge on any atom is -0.309 e. The number of nitrogens with zero attached hydrogens (tertiary/aromatic N) is 2. The van der Waals surface area contributed by atoms with Gasteiger partial charge < -0.3 is 5.32 Å². The molecule has 2 aromatic rings. The molecule has 0 saturated carbocycles. The van der Waals surface area contributed by atoms with Gasteiger partial charge in [0.05, 0.1) is 29.4 Å². The van der Waals surface area contributed by atoms with Gasteiger partial charge in [-0.2, -0.15) is 5.10 Å². The van der Waals surface area contributed by atoms with E-state index in [0.29, 0.717) is 4.90 Å². The van der Waals surface area contributed by atoms with E-state index in [1.54, 1.807) is 6.07 Å². The van der Waals surface area contributed by atoms with Crippen LogP contribution in [0.2, 0.25) is 0 Å². The molecular formula is C13H19ClN4O2S2. The van der Waals surface area contributed by atoms with Gasteiger partial charge in [0.15, 0.2) is 0 Å². The quantitative estimate of drug-likeness (QED) is 0.865. The first-order chi connectivity index (χ1) is 9.95. The number of rotatable bonds is 4. The average molecular weight is 363 g/mol. The summed E-state index contributed by atoms with van der Waals surface area (Å²) in [6.07, 6.45) is 0. The van der Waals surface area contributed by atoms with E-state index in [9.17, 15) is 8.42 Å². The first kappa shape index (κ1) is 17.4. The Kier molecular flexibility index (Phi) is 5.29. The Hall–Kier alpha value is -0.930. The number of fused-ring (bicyclic) bond motifs is 1. The topological polar surface area (TPSA) is 76.0 Å². The number of hydrogen-bond acceptors (Lipinski definition) is 5. The van der Waals surface area contributed by atoms with Crippen molar-refractivity contribution < 1.29 is 8.42 Å². The number of halogens is 1. The molecule has 0 aromatic carbocycles. The Morgan fingerprint density at radius 3 is 2.82 bits per heavy atom. The highest BCUT2D eigenvalue weighted by Gasteiger charge is 2.20. The van der Waals surface area contributed by atoms with Crippen molar-refractivity contribution in [1.29, 1.82) is 0 Å². The Bertz CT molecular complexity index is 744. The zero-order valence-electron chi connectivity index (χ0n) is 12.4. The number of aromatic nitrogens is 2. The van der Waals surface area contributed by atoms with Crippen molar-refractivity contribution in [3.63, 3.8) is 0 Å². The van der Waals surface area contributed by atoms with E-state index in [-0.39, 0.29) is 19.0 Å². The van der Waals surface area contributed by atoms with Crippen molar-refractivity contribution in [3.8, 4) is 0 Å². The number of thiophene rings is 1. The molecule has 0 spiro atoms. The molecule has 0 amide bonds. The zero-order valence-corrected chi connectivity index (χ0v) is 14.9. The molecule has 0 aliphatic carbocycles. The molecule has 3 rings (SSSR count). The summed E-state index contributed by atoms with van der Waals surface area (Å²) in [5.74, 6) is 0. The lowest BCUT2D eigenvalue weighted by molar-refractivity contribution is 0.473. The summed E-state index contributed by atoms with van der Waals surface area (Å²) in [6, 6.07) is 3.66. The van der Waals surface area contributed by atoms with Crippen LogP contribution in [0.25, 0.3) is 0 Å². The molecular weight excluding hydrogens is 344 g/mol. The predicted octanol–water partition coefficient (Wildman–Crippen LogP) is 1.56. The van der Waals surface area contributed by atoms with Crippen LogP contribution in [0.15, 0.2) is 17.0 Å². The molecule has 0 saturated heterocycles. The Labute approximate surface area is 140 Å². The average Bonchev–Trinajstić information content (AvgIpc) is 2.99. The first-order valence-electron chi connectivity index (χ1n) is 6.79. The van der Waals surface area contributed by atoms with Crippen molar-refractivity contribution in [2.75, 3.05) is 6.54 Å². The fraction of sp³-hybridized carbons (Fsp3) is 0.462. The molecule has 1 aliphatic rings. The molecule has 2 aromatic heterocycles. The first-order valence-corrected chi connectivity index (χ1v) is 9.09. The lowest BCUT2D eigenvalue weighted by atomic mass is 10.3. The van der Waals surface area contributed by atoms with Crippen LogP contribution < -0.4 is 10.0 Å². The third kappa shape index (κ3) is 3.52. The minimum atomic E-state index is -3.47. The number of hydrogen-bond donors (Lipinski definition) is 2. The Morgan fingerprint density at radius 2 is 2.18 bits per heavy atom. The van der Waals surface area contributed by atoms with Crippen LogP contribution in [-0.2, 0) is 29.7 Å². The summed E-state index contributed by atoms with van der Waals surface area (Å²) >= 11 is 1.49. The van der Waals surface area contributed by atoms with E-state index in [1.165, 1.54) is 11.3 Å². The second-order valence-electron chi connectivity index (χ2n) is 5.13. The van der Waals surface area contributed by atoms with Gasteiger partial charge in [0, 0.05) is 22.8 Å². The number of sulfonamides is 1. The van der Waals surface area contributed by atoms with Crippen LogP contribution in [0.3, 0.4) is 0 Å². The van der Waals surface area contributed by atoms with E-state index in [4.69, 9.17) is 0 Å². The SMILES string of the molecule is Cc1cc(S(=O)(=O)NCc2cc3n(n2)CCNC3)c(C)s1.Cl. The van der Waals surface area contributed by atoms with Gasteiger partial charge >= 0.3 is 0 Å². The van der Waals surface area contributed by atoms with Gasteiger partial charge in [-0.05, 0) is 26.0 Å². The minimum absolute atomic E-state index is 0. The van der Waals surface area contributed by atoms with Crippen LogP contribution in [0.5, 0.6) is 0 Å². The molecule has 2 N–H and O–H groups in total. The summed E-state index contributed by atoms with van der Waals surface area (Å²) in [6.45, 7) is 6.46. The normalized spacial score (nSPS) is 14.5. The molecule has 3 heterocycles. The molecule has 9 heteroatoms. The fourth-order valence-corrected chi connectivity index (χ4v) is 5.01. The van der Waals surface area contributed by atoms with E-state index in [1.807, 2.05) is 24.6 Å². The maximum atomic E-state index is 12.3. The van der Waals surface area contributed by atoms with Gasteiger partial charge in [-0.15, -0.1) is 23.7 Å². The van der Waals surface area contributed by atoms with E-state index in [0.717, 1.165) is 40.8 Å². The summed E-state index contributed by atoms with van der Waals surface area (Å²) in [7, 11) is -3.47. The summed E-state index contributed by atoms with van der Waals surface area (Å²) in [4.78, 5) is 2.18. The lowest BCUT2D eigenvalue weighted by Crippen LogP contribution is -2.28. The van der Waals surface area contributed by atoms with Crippen molar-refractivity contribution in [1.82, 2.24) is 19.8 Å². The van der Waals surface area contributed by atoms with Gasteiger partial charge in [-0.25, -0.2) is 13.1 Å². The summed E-state index contributed by atoms with van der Waals surface area (Å²) in [5, 5.41) is 7.69. The van der Waals surface area contributed by atoms with Crippen molar-refractivity contribution >= 4 is 33.8 Å².